The predicted molar refractivity (Wildman–Crippen MR) is 294 cm³/mol. The Morgan fingerprint density at radius 2 is 1.26 bits per heavy atom. The summed E-state index contributed by atoms with van der Waals surface area (Å²) in [7, 11) is 0. The number of furan rings is 1. The Bertz CT molecular complexity index is 3480. The van der Waals surface area contributed by atoms with Gasteiger partial charge in [0.1, 0.15) is 11.2 Å². The van der Waals surface area contributed by atoms with E-state index in [1.54, 1.807) is 0 Å². The predicted octanol–water partition coefficient (Wildman–Crippen LogP) is 15.7. The summed E-state index contributed by atoms with van der Waals surface area (Å²) in [5.74, 6) is 0. The van der Waals surface area contributed by atoms with E-state index in [0.717, 1.165) is 39.0 Å². The average Bonchev–Trinajstić information content (AvgIpc) is 3.80. The van der Waals surface area contributed by atoms with Gasteiger partial charge in [-0.3, -0.25) is 0 Å². The first kappa shape index (κ1) is 42.9. The minimum Gasteiger partial charge on any atom is -0.456 e. The van der Waals surface area contributed by atoms with Crippen LogP contribution in [-0.2, 0) is 21.7 Å². The van der Waals surface area contributed by atoms with Crippen LogP contribution >= 0.6 is 0 Å². The number of para-hydroxylation sites is 2. The van der Waals surface area contributed by atoms with Crippen molar-refractivity contribution in [2.75, 3.05) is 14.7 Å². The van der Waals surface area contributed by atoms with E-state index in [0.29, 0.717) is 0 Å². The molecule has 7 aromatic carbocycles. The van der Waals surface area contributed by atoms with Crippen LogP contribution in [0.2, 0.25) is 0 Å². The summed E-state index contributed by atoms with van der Waals surface area (Å²) in [6, 6.07) is 49.4. The molecule has 5 aliphatic rings. The molecule has 2 atom stereocenters. The van der Waals surface area contributed by atoms with Crippen LogP contribution < -0.4 is 31.1 Å². The Morgan fingerprint density at radius 3 is 2.03 bits per heavy atom. The van der Waals surface area contributed by atoms with Crippen LogP contribution in [0.5, 0.6) is 0 Å². The van der Waals surface area contributed by atoms with Gasteiger partial charge in [-0.2, -0.15) is 0 Å². The number of benzene rings is 7. The first-order valence-corrected chi connectivity index (χ1v) is 25.9. The fraction of sp³-hybridized carbons (Fsp3) is 0.344. The molecule has 0 radical (unpaired) electrons. The zero-order chi connectivity index (χ0) is 47.7. The second-order valence-corrected chi connectivity index (χ2v) is 24.5. The molecular weight excluding hydrogens is 838 g/mol. The molecule has 3 aliphatic heterocycles. The first-order chi connectivity index (χ1) is 32.9. The second-order valence-electron chi connectivity index (χ2n) is 24.5. The number of fused-ring (bicyclic) bond motifs is 11. The third-order valence-electron chi connectivity index (χ3n) is 18.4. The molecular formula is C64H66BN3O. The highest BCUT2D eigenvalue weighted by Crippen LogP contribution is 2.62. The van der Waals surface area contributed by atoms with Crippen LogP contribution in [0.15, 0.2) is 132 Å². The van der Waals surface area contributed by atoms with E-state index in [-0.39, 0.29) is 33.9 Å². The zero-order valence-corrected chi connectivity index (χ0v) is 42.7. The monoisotopic (exact) mass is 904 g/mol. The zero-order valence-electron chi connectivity index (χ0n) is 42.7. The lowest BCUT2D eigenvalue weighted by atomic mass is 9.33. The summed E-state index contributed by atoms with van der Waals surface area (Å²) in [5.41, 5.74) is 24.8. The molecule has 4 nitrogen and oxygen atoms in total. The van der Waals surface area contributed by atoms with Crippen molar-refractivity contribution in [2.45, 2.75) is 142 Å². The standard InChI is InChI=1S/C64H66BN3O/c1-39-34-53-58-54(35-39)68-59-45(63(10)30-14-15-31-64(63,68)11)19-16-20-49(59)65(58)48-29-28-43(37-52(48)67(53)51-38-47-46(36-40(51)2)61(6,7)32-33-62(47,8)9)66(42-26-24-41(25-27-42)60(3,4)5)50-21-17-23-56-57(50)44-18-12-13-22-55(44)69-56/h12-13,16-29,34-38H,14-15,30-33H2,1-11H3. The van der Waals surface area contributed by atoms with E-state index in [1.165, 1.54) is 117 Å². The van der Waals surface area contributed by atoms with Gasteiger partial charge in [0.25, 0.3) is 6.71 Å². The Morgan fingerprint density at radius 1 is 0.580 bits per heavy atom. The fourth-order valence-corrected chi connectivity index (χ4v) is 14.2. The van der Waals surface area contributed by atoms with E-state index in [9.17, 15) is 0 Å². The highest BCUT2D eigenvalue weighted by atomic mass is 16.3. The highest BCUT2D eigenvalue weighted by Gasteiger charge is 2.61. The molecule has 2 aliphatic carbocycles. The lowest BCUT2D eigenvalue weighted by molar-refractivity contribution is 0.195. The van der Waals surface area contributed by atoms with Gasteiger partial charge < -0.3 is 19.1 Å². The maximum absolute atomic E-state index is 6.60. The van der Waals surface area contributed by atoms with Gasteiger partial charge in [0, 0.05) is 50.6 Å². The van der Waals surface area contributed by atoms with Crippen LogP contribution in [0.25, 0.3) is 21.9 Å². The van der Waals surface area contributed by atoms with Gasteiger partial charge in [-0.1, -0.05) is 135 Å². The van der Waals surface area contributed by atoms with Crippen LogP contribution in [0, 0.1) is 13.8 Å². The van der Waals surface area contributed by atoms with Gasteiger partial charge in [-0.05, 0) is 173 Å². The number of rotatable bonds is 4. The van der Waals surface area contributed by atoms with Gasteiger partial charge in [0.2, 0.25) is 0 Å². The van der Waals surface area contributed by atoms with Crippen LogP contribution in [0.1, 0.15) is 134 Å². The molecule has 5 heteroatoms. The Labute approximate surface area is 410 Å². The summed E-state index contributed by atoms with van der Waals surface area (Å²) in [5, 5.41) is 2.25. The van der Waals surface area contributed by atoms with Gasteiger partial charge in [-0.15, -0.1) is 0 Å². The number of aryl methyl sites for hydroxylation is 2. The number of nitrogens with zero attached hydrogens (tertiary/aromatic N) is 3. The molecule has 0 saturated heterocycles. The van der Waals surface area contributed by atoms with E-state index < -0.39 is 0 Å². The van der Waals surface area contributed by atoms with Crippen molar-refractivity contribution in [3.63, 3.8) is 0 Å². The Balaban J connectivity index is 1.12. The van der Waals surface area contributed by atoms with Crippen molar-refractivity contribution in [3.05, 3.63) is 161 Å². The highest BCUT2D eigenvalue weighted by molar-refractivity contribution is 7.00. The molecule has 1 saturated carbocycles. The Hall–Kier alpha value is -6.20. The van der Waals surface area contributed by atoms with E-state index >= 15 is 0 Å². The van der Waals surface area contributed by atoms with Crippen molar-refractivity contribution >= 4 is 90.5 Å². The normalized spacial score (nSPS) is 21.5. The molecule has 8 aromatic rings. The van der Waals surface area contributed by atoms with Gasteiger partial charge >= 0.3 is 0 Å². The van der Waals surface area contributed by atoms with Crippen LogP contribution in [0.4, 0.5) is 45.5 Å². The number of anilines is 8. The fourth-order valence-electron chi connectivity index (χ4n) is 14.2. The molecule has 13 rings (SSSR count). The molecule has 69 heavy (non-hydrogen) atoms. The summed E-state index contributed by atoms with van der Waals surface area (Å²) in [4.78, 5) is 8.06. The van der Waals surface area contributed by atoms with Crippen molar-refractivity contribution < 1.29 is 4.42 Å². The van der Waals surface area contributed by atoms with E-state index in [2.05, 4.69) is 218 Å². The van der Waals surface area contributed by atoms with Gasteiger partial charge in [0.15, 0.2) is 0 Å². The SMILES string of the molecule is Cc1cc2c3c(c1)N1c4c(cccc4C4(C)CCCCC14C)B3c1ccc(N(c3ccc(C(C)(C)C)cc3)c3cccc4oc5ccccc5c34)cc1N2c1cc2c(cc1C)C(C)(C)CCC2(C)C. The van der Waals surface area contributed by atoms with E-state index in [4.69, 9.17) is 4.42 Å². The van der Waals surface area contributed by atoms with Crippen molar-refractivity contribution in [1.82, 2.24) is 0 Å². The summed E-state index contributed by atoms with van der Waals surface area (Å²) in [6.07, 6.45) is 7.30. The molecule has 1 fully saturated rings. The minimum atomic E-state index is -0.0240. The van der Waals surface area contributed by atoms with E-state index in [1.807, 2.05) is 0 Å². The van der Waals surface area contributed by atoms with Crippen molar-refractivity contribution in [3.8, 4) is 0 Å². The Kier molecular flexibility index (Phi) is 8.83. The summed E-state index contributed by atoms with van der Waals surface area (Å²) in [6.45, 7) is 26.7. The third kappa shape index (κ3) is 5.83. The maximum atomic E-state index is 6.60. The topological polar surface area (TPSA) is 22.9 Å². The lowest BCUT2D eigenvalue weighted by Crippen LogP contribution is -2.64. The molecule has 0 amide bonds. The molecule has 0 spiro atoms. The van der Waals surface area contributed by atoms with Crippen LogP contribution in [-0.4, -0.2) is 12.3 Å². The molecule has 2 unspecified atom stereocenters. The molecule has 4 heterocycles. The molecule has 0 N–H and O–H groups in total. The minimum absolute atomic E-state index is 0.0240. The summed E-state index contributed by atoms with van der Waals surface area (Å²) < 4.78 is 6.60. The molecule has 0 bridgehead atoms. The van der Waals surface area contributed by atoms with Crippen molar-refractivity contribution in [2.24, 2.45) is 0 Å². The quantitative estimate of drug-likeness (QED) is 0.164. The smallest absolute Gasteiger partial charge is 0.252 e. The summed E-state index contributed by atoms with van der Waals surface area (Å²) >= 11 is 0. The largest absolute Gasteiger partial charge is 0.456 e. The molecule has 1 aromatic heterocycles. The third-order valence-corrected chi connectivity index (χ3v) is 18.4. The van der Waals surface area contributed by atoms with Crippen LogP contribution in [0.3, 0.4) is 0 Å². The van der Waals surface area contributed by atoms with Gasteiger partial charge in [-0.25, -0.2) is 0 Å². The average molecular weight is 904 g/mol. The number of hydrogen-bond donors (Lipinski definition) is 0. The van der Waals surface area contributed by atoms with Gasteiger partial charge in [0.05, 0.1) is 16.6 Å². The van der Waals surface area contributed by atoms with Crippen molar-refractivity contribution in [1.29, 1.82) is 0 Å². The lowest BCUT2D eigenvalue weighted by Gasteiger charge is -2.53. The number of hydrogen-bond acceptors (Lipinski definition) is 4. The molecule has 346 valence electrons. The first-order valence-electron chi connectivity index (χ1n) is 25.9. The maximum Gasteiger partial charge on any atom is 0.252 e. The second kappa shape index (κ2) is 14.2.